The molecule has 0 unspecified atom stereocenters. The number of aryl methyl sites for hydroxylation is 1. The van der Waals surface area contributed by atoms with E-state index < -0.39 is 0 Å². The monoisotopic (exact) mass is 422 g/mol. The average molecular weight is 422 g/mol. The Hall–Kier alpha value is -4.12. The van der Waals surface area contributed by atoms with Gasteiger partial charge in [-0.1, -0.05) is 36.4 Å². The average Bonchev–Trinajstić information content (AvgIpc) is 3.22. The molecular formula is C27H22N2O3. The van der Waals surface area contributed by atoms with Gasteiger partial charge in [-0.05, 0) is 72.1 Å². The Morgan fingerprint density at radius 2 is 1.72 bits per heavy atom. The van der Waals surface area contributed by atoms with Crippen molar-refractivity contribution in [2.75, 3.05) is 12.4 Å². The maximum Gasteiger partial charge on any atom is 0.259 e. The van der Waals surface area contributed by atoms with Crippen molar-refractivity contribution in [2.45, 2.75) is 13.8 Å². The maximum absolute atomic E-state index is 13.2. The van der Waals surface area contributed by atoms with Gasteiger partial charge in [0, 0.05) is 11.3 Å². The molecule has 0 atom stereocenters. The second-order valence-electron chi connectivity index (χ2n) is 7.82. The summed E-state index contributed by atoms with van der Waals surface area (Å²) in [6.07, 6.45) is 0. The molecule has 0 bridgehead atoms. The van der Waals surface area contributed by atoms with E-state index >= 15 is 0 Å². The minimum Gasteiger partial charge on any atom is -0.496 e. The highest BCUT2D eigenvalue weighted by atomic mass is 16.5. The standard InChI is InChI=1S/C27H22N2O3/c1-16-11-12-24-23(13-16)29-27(32-24)20-9-6-10-22(17(20)2)28-26(30)21-14-18-7-4-5-8-19(18)15-25(21)31-3/h4-15H,1-3H3,(H,28,30). The molecule has 1 heterocycles. The number of aromatic nitrogens is 1. The number of amides is 1. The van der Waals surface area contributed by atoms with Crippen LogP contribution in [0.3, 0.4) is 0 Å². The topological polar surface area (TPSA) is 64.4 Å². The lowest BCUT2D eigenvalue weighted by molar-refractivity contribution is 0.102. The first-order valence-electron chi connectivity index (χ1n) is 10.4. The molecule has 5 aromatic rings. The van der Waals surface area contributed by atoms with Crippen molar-refractivity contribution in [1.82, 2.24) is 4.98 Å². The minimum atomic E-state index is -0.235. The third-order valence-electron chi connectivity index (χ3n) is 5.67. The van der Waals surface area contributed by atoms with Crippen molar-refractivity contribution in [3.63, 3.8) is 0 Å². The van der Waals surface area contributed by atoms with Gasteiger partial charge >= 0.3 is 0 Å². The Balaban J connectivity index is 1.51. The van der Waals surface area contributed by atoms with Gasteiger partial charge in [0.25, 0.3) is 5.91 Å². The number of oxazole rings is 1. The van der Waals surface area contributed by atoms with E-state index in [0.717, 1.165) is 38.6 Å². The van der Waals surface area contributed by atoms with Gasteiger partial charge in [0.05, 0.1) is 12.7 Å². The van der Waals surface area contributed by atoms with Crippen LogP contribution < -0.4 is 10.1 Å². The zero-order chi connectivity index (χ0) is 22.2. The van der Waals surface area contributed by atoms with E-state index in [2.05, 4.69) is 10.3 Å². The van der Waals surface area contributed by atoms with Gasteiger partial charge in [-0.25, -0.2) is 4.98 Å². The van der Waals surface area contributed by atoms with Crippen LogP contribution in [0.1, 0.15) is 21.5 Å². The molecular weight excluding hydrogens is 400 g/mol. The van der Waals surface area contributed by atoms with Crippen LogP contribution in [0.2, 0.25) is 0 Å². The molecule has 0 aliphatic heterocycles. The molecule has 0 saturated heterocycles. The molecule has 5 nitrogen and oxygen atoms in total. The predicted octanol–water partition coefficient (Wildman–Crippen LogP) is 6.53. The van der Waals surface area contributed by atoms with Crippen LogP contribution in [0.4, 0.5) is 5.69 Å². The summed E-state index contributed by atoms with van der Waals surface area (Å²) in [4.78, 5) is 17.8. The van der Waals surface area contributed by atoms with Crippen molar-refractivity contribution in [2.24, 2.45) is 0 Å². The van der Waals surface area contributed by atoms with E-state index in [1.54, 1.807) is 7.11 Å². The number of fused-ring (bicyclic) bond motifs is 2. The summed E-state index contributed by atoms with van der Waals surface area (Å²) in [5.41, 5.74) is 5.56. The molecule has 1 N–H and O–H groups in total. The number of rotatable bonds is 4. The zero-order valence-electron chi connectivity index (χ0n) is 18.1. The van der Waals surface area contributed by atoms with Gasteiger partial charge in [0.2, 0.25) is 5.89 Å². The van der Waals surface area contributed by atoms with Gasteiger partial charge in [-0.15, -0.1) is 0 Å². The van der Waals surface area contributed by atoms with Gasteiger partial charge in [0.15, 0.2) is 5.58 Å². The Kier molecular flexibility index (Phi) is 4.86. The molecule has 4 aromatic carbocycles. The summed E-state index contributed by atoms with van der Waals surface area (Å²) >= 11 is 0. The predicted molar refractivity (Wildman–Crippen MR) is 127 cm³/mol. The largest absolute Gasteiger partial charge is 0.496 e. The van der Waals surface area contributed by atoms with Crippen molar-refractivity contribution in [3.8, 4) is 17.2 Å². The van der Waals surface area contributed by atoms with Crippen LogP contribution in [0.15, 0.2) is 77.2 Å². The molecule has 32 heavy (non-hydrogen) atoms. The van der Waals surface area contributed by atoms with E-state index in [4.69, 9.17) is 9.15 Å². The molecule has 0 radical (unpaired) electrons. The van der Waals surface area contributed by atoms with E-state index in [1.165, 1.54) is 0 Å². The number of benzene rings is 4. The zero-order valence-corrected chi connectivity index (χ0v) is 18.1. The number of carbonyl (C=O) groups is 1. The molecule has 0 aliphatic rings. The van der Waals surface area contributed by atoms with Gasteiger partial charge in [-0.3, -0.25) is 4.79 Å². The Morgan fingerprint density at radius 3 is 2.50 bits per heavy atom. The van der Waals surface area contributed by atoms with E-state index in [9.17, 15) is 4.79 Å². The van der Waals surface area contributed by atoms with Crippen molar-refractivity contribution in [1.29, 1.82) is 0 Å². The lowest BCUT2D eigenvalue weighted by Crippen LogP contribution is -2.14. The first kappa shape index (κ1) is 19.8. The molecule has 0 spiro atoms. The van der Waals surface area contributed by atoms with Crippen molar-refractivity contribution in [3.05, 3.63) is 89.5 Å². The quantitative estimate of drug-likeness (QED) is 0.358. The molecule has 0 saturated carbocycles. The van der Waals surface area contributed by atoms with Crippen LogP contribution in [-0.2, 0) is 0 Å². The highest BCUT2D eigenvalue weighted by Gasteiger charge is 2.17. The number of ether oxygens (including phenoxy) is 1. The summed E-state index contributed by atoms with van der Waals surface area (Å²) < 4.78 is 11.5. The van der Waals surface area contributed by atoms with Crippen molar-refractivity contribution >= 4 is 33.5 Å². The number of hydrogen-bond donors (Lipinski definition) is 1. The van der Waals surface area contributed by atoms with E-state index in [-0.39, 0.29) is 5.91 Å². The molecule has 1 aromatic heterocycles. The molecule has 158 valence electrons. The summed E-state index contributed by atoms with van der Waals surface area (Å²) in [6, 6.07) is 23.2. The van der Waals surface area contributed by atoms with Crippen molar-refractivity contribution < 1.29 is 13.9 Å². The number of hydrogen-bond acceptors (Lipinski definition) is 4. The third kappa shape index (κ3) is 3.48. The summed E-state index contributed by atoms with van der Waals surface area (Å²) in [6.45, 7) is 3.97. The number of anilines is 1. The van der Waals surface area contributed by atoms with Crippen LogP contribution in [0.25, 0.3) is 33.3 Å². The van der Waals surface area contributed by atoms with E-state index in [1.807, 2.05) is 86.6 Å². The number of carbonyl (C=O) groups excluding carboxylic acids is 1. The summed E-state index contributed by atoms with van der Waals surface area (Å²) in [7, 11) is 1.57. The van der Waals surface area contributed by atoms with E-state index in [0.29, 0.717) is 22.9 Å². The van der Waals surface area contributed by atoms with Gasteiger partial charge in [-0.2, -0.15) is 0 Å². The number of nitrogens with one attached hydrogen (secondary N) is 1. The lowest BCUT2D eigenvalue weighted by Gasteiger charge is -2.13. The van der Waals surface area contributed by atoms with Crippen LogP contribution >= 0.6 is 0 Å². The Labute approximate surface area is 185 Å². The highest BCUT2D eigenvalue weighted by molar-refractivity contribution is 6.09. The summed E-state index contributed by atoms with van der Waals surface area (Å²) in [5, 5.41) is 5.03. The number of methoxy groups -OCH3 is 1. The molecule has 0 aliphatic carbocycles. The third-order valence-corrected chi connectivity index (χ3v) is 5.67. The smallest absolute Gasteiger partial charge is 0.259 e. The van der Waals surface area contributed by atoms with Crippen LogP contribution in [-0.4, -0.2) is 18.0 Å². The SMILES string of the molecule is COc1cc2ccccc2cc1C(=O)Nc1cccc(-c2nc3cc(C)ccc3o2)c1C. The normalized spacial score (nSPS) is 11.1. The second kappa shape index (κ2) is 7.85. The Morgan fingerprint density at radius 1 is 0.938 bits per heavy atom. The van der Waals surface area contributed by atoms with Gasteiger partial charge < -0.3 is 14.5 Å². The number of nitrogens with zero attached hydrogens (tertiary/aromatic N) is 1. The van der Waals surface area contributed by atoms with Gasteiger partial charge in [0.1, 0.15) is 11.3 Å². The summed E-state index contributed by atoms with van der Waals surface area (Å²) in [5.74, 6) is 0.827. The molecule has 0 fully saturated rings. The fourth-order valence-electron chi connectivity index (χ4n) is 3.91. The fraction of sp³-hybridized carbons (Fsp3) is 0.111. The first-order valence-corrected chi connectivity index (χ1v) is 10.4. The molecule has 5 rings (SSSR count). The molecule has 5 heteroatoms. The second-order valence-corrected chi connectivity index (χ2v) is 7.82. The molecule has 1 amide bonds. The maximum atomic E-state index is 13.2. The lowest BCUT2D eigenvalue weighted by atomic mass is 10.0. The fourth-order valence-corrected chi connectivity index (χ4v) is 3.91. The minimum absolute atomic E-state index is 0.235. The Bertz CT molecular complexity index is 1480. The highest BCUT2D eigenvalue weighted by Crippen LogP contribution is 2.32. The van der Waals surface area contributed by atoms with Crippen LogP contribution in [0, 0.1) is 13.8 Å². The van der Waals surface area contributed by atoms with Crippen LogP contribution in [0.5, 0.6) is 5.75 Å². The first-order chi connectivity index (χ1) is 15.5.